The maximum Gasteiger partial charge on any atom is 0.283 e. The molecule has 452 valence electrons. The molecule has 25 heteroatoms. The molecule has 6 aliphatic carbocycles. The van der Waals surface area contributed by atoms with E-state index >= 15 is 0 Å². The van der Waals surface area contributed by atoms with Gasteiger partial charge in [-0.3, -0.25) is 19.0 Å². The van der Waals surface area contributed by atoms with Crippen molar-refractivity contribution in [3.05, 3.63) is 89.6 Å². The first-order valence-corrected chi connectivity index (χ1v) is 33.7. The van der Waals surface area contributed by atoms with Crippen LogP contribution in [0.1, 0.15) is 151 Å². The molecular formula is C60H75ClN14O8S2. The van der Waals surface area contributed by atoms with Gasteiger partial charge in [0.1, 0.15) is 11.0 Å². The zero-order chi connectivity index (χ0) is 58.9. The van der Waals surface area contributed by atoms with Crippen molar-refractivity contribution in [2.75, 3.05) is 31.2 Å². The number of aryl methyl sites for hydroxylation is 2. The summed E-state index contributed by atoms with van der Waals surface area (Å²) in [5.41, 5.74) is 2.68. The molecule has 4 spiro atoms. The van der Waals surface area contributed by atoms with Crippen LogP contribution < -0.4 is 29.1 Å². The fraction of sp³-hybridized carbons (Fsp3) is 0.600. The molecule has 0 aromatic carbocycles. The van der Waals surface area contributed by atoms with Gasteiger partial charge in [-0.05, 0) is 219 Å². The van der Waals surface area contributed by atoms with E-state index in [9.17, 15) is 26.4 Å². The lowest BCUT2D eigenvalue weighted by Crippen LogP contribution is -2.41. The summed E-state index contributed by atoms with van der Waals surface area (Å²) in [4.78, 5) is 37.7. The predicted molar refractivity (Wildman–Crippen MR) is 314 cm³/mol. The van der Waals surface area contributed by atoms with E-state index in [2.05, 4.69) is 72.7 Å². The van der Waals surface area contributed by atoms with Crippen LogP contribution in [0.2, 0.25) is 5.15 Å². The summed E-state index contributed by atoms with van der Waals surface area (Å²) in [6, 6.07) is 12.7. The second-order valence-electron chi connectivity index (χ2n) is 27.1. The van der Waals surface area contributed by atoms with Gasteiger partial charge in [0.15, 0.2) is 21.7 Å². The van der Waals surface area contributed by atoms with Crippen LogP contribution in [0.5, 0.6) is 11.8 Å². The van der Waals surface area contributed by atoms with Gasteiger partial charge in [-0.2, -0.15) is 27.0 Å². The van der Waals surface area contributed by atoms with Gasteiger partial charge in [0.25, 0.3) is 31.9 Å². The summed E-state index contributed by atoms with van der Waals surface area (Å²) in [7, 11) is -8.35. The molecule has 2 atom stereocenters. The third kappa shape index (κ3) is 10.5. The van der Waals surface area contributed by atoms with E-state index in [0.717, 1.165) is 76.3 Å². The van der Waals surface area contributed by atoms with Crippen LogP contribution in [0.3, 0.4) is 0 Å². The summed E-state index contributed by atoms with van der Waals surface area (Å²) in [6.45, 7) is 12.9. The van der Waals surface area contributed by atoms with Gasteiger partial charge >= 0.3 is 0 Å². The highest BCUT2D eigenvalue weighted by Crippen LogP contribution is 2.94. The number of anilines is 1. The van der Waals surface area contributed by atoms with Crippen molar-refractivity contribution in [1.82, 2.24) is 63.9 Å². The number of pyridine rings is 2. The number of rotatable bonds is 17. The molecule has 4 bridgehead atoms. The summed E-state index contributed by atoms with van der Waals surface area (Å²) in [5, 5.41) is 20.4. The summed E-state index contributed by atoms with van der Waals surface area (Å²) >= 11 is 6.32. The van der Waals surface area contributed by atoms with E-state index in [4.69, 9.17) is 26.1 Å². The summed E-state index contributed by atoms with van der Waals surface area (Å²) in [6.07, 6.45) is 25.9. The molecular weight excluding hydrogens is 1140 g/mol. The van der Waals surface area contributed by atoms with Crippen molar-refractivity contribution in [3.8, 4) is 23.4 Å². The Morgan fingerprint density at radius 2 is 1.38 bits per heavy atom. The zero-order valence-electron chi connectivity index (χ0n) is 48.7. The minimum absolute atomic E-state index is 0.0717. The highest BCUT2D eigenvalue weighted by molar-refractivity contribution is 7.90. The van der Waals surface area contributed by atoms with Gasteiger partial charge in [-0.15, -0.1) is 10.2 Å². The number of sulfonamides is 2. The number of carbonyl (C=O) groups is 2. The SMILES string of the molecule is CC1(C)C[C@@H]2CCCn3ccc(n3)S(=O)(=O)NC(=O)c3ccc(-n4ccc(OCCC5C6(CC6)C56CC6)n4)nc3N1C2.CC1(C)C[C@H](CCCn2ccc(S(=O)(=O)NC(=O)c3ccc(-n4ccc(OCCC5C6(CC6)C56CC6)n4)nc3Cl)n2)CN1. The Morgan fingerprint density at radius 1 is 0.753 bits per heavy atom. The van der Waals surface area contributed by atoms with Gasteiger partial charge in [0.05, 0.1) is 24.3 Å². The van der Waals surface area contributed by atoms with Crippen LogP contribution in [0.4, 0.5) is 5.82 Å². The van der Waals surface area contributed by atoms with Crippen LogP contribution in [0.15, 0.2) is 83.4 Å². The van der Waals surface area contributed by atoms with Gasteiger partial charge in [0.2, 0.25) is 11.8 Å². The number of hydrogen-bond acceptors (Lipinski definition) is 16. The number of fused-ring (bicyclic) bond motifs is 8. The second kappa shape index (κ2) is 20.4. The van der Waals surface area contributed by atoms with Gasteiger partial charge in [-0.25, -0.2) is 28.8 Å². The largest absolute Gasteiger partial charge is 0.477 e. The molecule has 9 aliphatic rings. The third-order valence-corrected chi connectivity index (χ3v) is 23.6. The fourth-order valence-corrected chi connectivity index (χ4v) is 18.2. The van der Waals surface area contributed by atoms with Crippen LogP contribution in [0.25, 0.3) is 11.6 Å². The van der Waals surface area contributed by atoms with Crippen LogP contribution in [-0.4, -0.2) is 115 Å². The number of nitrogens with one attached hydrogen (secondary N) is 3. The molecule has 8 fully saturated rings. The number of amides is 2. The Labute approximate surface area is 500 Å². The molecule has 15 rings (SSSR count). The monoisotopic (exact) mass is 1220 g/mol. The maximum absolute atomic E-state index is 13.5. The Hall–Kier alpha value is -6.37. The van der Waals surface area contributed by atoms with E-state index in [1.165, 1.54) is 74.2 Å². The molecule has 9 heterocycles. The number of halogens is 1. The number of hydrogen-bond donors (Lipinski definition) is 3. The molecule has 6 aromatic heterocycles. The Kier molecular flexibility index (Phi) is 13.5. The van der Waals surface area contributed by atoms with Gasteiger partial charge in [-0.1, -0.05) is 11.6 Å². The van der Waals surface area contributed by atoms with Crippen molar-refractivity contribution >= 4 is 49.3 Å². The lowest BCUT2D eigenvalue weighted by molar-refractivity contribution is 0.0972. The summed E-state index contributed by atoms with van der Waals surface area (Å²) in [5.74, 6) is 3.45. The van der Waals surface area contributed by atoms with Crippen LogP contribution in [-0.2, 0) is 33.1 Å². The first-order chi connectivity index (χ1) is 40.6. The minimum atomic E-state index is -4.20. The van der Waals surface area contributed by atoms with Crippen LogP contribution in [0, 0.1) is 45.3 Å². The highest BCUT2D eigenvalue weighted by Gasteiger charge is 2.86. The quantitative estimate of drug-likeness (QED) is 0.0726. The molecule has 2 saturated heterocycles. The smallest absolute Gasteiger partial charge is 0.283 e. The molecule has 6 aromatic rings. The molecule has 0 unspecified atom stereocenters. The standard InChI is InChI=1S/C30H38ClN7O4S.C30H37N7O4S/c1-28(2)18-20(19-32-28)4-3-14-37-15-8-25(35-37)43(40,41)36-27(39)21-5-6-23(33-26(21)31)38-16-7-24(34-38)42-17-9-22-29(10-11-29)30(22)12-13-30;1-28(2)18-20-4-3-14-35-15-8-25(33-35)42(39,40)34-27(38)21-5-6-23(31-26(21)36(28)19-20)37-16-7-24(32-37)41-17-9-22-29(10-11-29)30(22)12-13-30/h5-8,15-16,20,22,32H,3-4,9-14,17-19H2,1-2H3,(H,36,39);5-8,15-16,20,22H,3-4,9-14,17-19H2,1-2H3,(H,34,38)/t2*20-/m00/s1. The molecule has 85 heavy (non-hydrogen) atoms. The number of ether oxygens (including phenoxy) is 2. The maximum atomic E-state index is 13.5. The van der Waals surface area contributed by atoms with E-state index in [0.29, 0.717) is 89.0 Å². The Bertz CT molecular complexity index is 3800. The van der Waals surface area contributed by atoms with Crippen molar-refractivity contribution in [1.29, 1.82) is 0 Å². The Balaban J connectivity index is 0.000000151. The van der Waals surface area contributed by atoms with Crippen molar-refractivity contribution < 1.29 is 35.9 Å². The topological polar surface area (TPSA) is 257 Å². The molecule has 2 amide bonds. The first kappa shape index (κ1) is 56.4. The van der Waals surface area contributed by atoms with Crippen molar-refractivity contribution in [3.63, 3.8) is 0 Å². The Morgan fingerprint density at radius 3 is 1.98 bits per heavy atom. The first-order valence-electron chi connectivity index (χ1n) is 30.4. The number of carbonyl (C=O) groups excluding carboxylic acids is 2. The van der Waals surface area contributed by atoms with Gasteiger partial charge in [0, 0.05) is 67.6 Å². The van der Waals surface area contributed by atoms with Crippen LogP contribution >= 0.6 is 11.6 Å². The average Bonchev–Trinajstić information content (AvgIpc) is 1.46. The highest BCUT2D eigenvalue weighted by atomic mass is 35.5. The van der Waals surface area contributed by atoms with Crippen molar-refractivity contribution in [2.45, 2.75) is 165 Å². The zero-order valence-corrected chi connectivity index (χ0v) is 51.1. The molecule has 3 aliphatic heterocycles. The second-order valence-corrected chi connectivity index (χ2v) is 30.7. The number of nitrogens with zero attached hydrogens (tertiary/aromatic N) is 11. The summed E-state index contributed by atoms with van der Waals surface area (Å²) < 4.78 is 74.5. The van der Waals surface area contributed by atoms with E-state index < -0.39 is 31.9 Å². The molecule has 3 N–H and O–H groups in total. The molecule has 6 saturated carbocycles. The lowest BCUT2D eigenvalue weighted by atomic mass is 9.93. The van der Waals surface area contributed by atoms with Gasteiger partial charge < -0.3 is 19.7 Å². The third-order valence-electron chi connectivity index (χ3n) is 20.9. The lowest BCUT2D eigenvalue weighted by Gasteiger charge is -2.34. The van der Waals surface area contributed by atoms with E-state index in [1.807, 2.05) is 12.3 Å². The van der Waals surface area contributed by atoms with Crippen molar-refractivity contribution in [2.24, 2.45) is 45.3 Å². The molecule has 0 radical (unpaired) electrons. The van der Waals surface area contributed by atoms with E-state index in [1.54, 1.807) is 56.9 Å². The average molecular weight is 1220 g/mol. The number of aromatic nitrogens is 10. The normalized spacial score (nSPS) is 24.3. The minimum Gasteiger partial charge on any atom is -0.477 e. The predicted octanol–water partition coefficient (Wildman–Crippen LogP) is 8.30. The molecule has 22 nitrogen and oxygen atoms in total. The fourth-order valence-electron chi connectivity index (χ4n) is 16.2. The van der Waals surface area contributed by atoms with E-state index in [-0.39, 0.29) is 37.4 Å².